The highest BCUT2D eigenvalue weighted by Crippen LogP contribution is 2.28. The van der Waals surface area contributed by atoms with E-state index in [2.05, 4.69) is 9.72 Å². The Bertz CT molecular complexity index is 568. The zero-order valence-corrected chi connectivity index (χ0v) is 9.55. The van der Waals surface area contributed by atoms with Gasteiger partial charge in [0.05, 0.1) is 13.3 Å². The van der Waals surface area contributed by atoms with Crippen LogP contribution in [0.15, 0.2) is 24.4 Å². The van der Waals surface area contributed by atoms with Crippen molar-refractivity contribution in [1.82, 2.24) is 4.98 Å². The highest BCUT2D eigenvalue weighted by molar-refractivity contribution is 7.16. The number of rotatable bonds is 2. The predicted octanol–water partition coefficient (Wildman–Crippen LogP) is 2.87. The van der Waals surface area contributed by atoms with Crippen LogP contribution in [0, 0.1) is 11.6 Å². The van der Waals surface area contributed by atoms with Gasteiger partial charge in [-0.2, -0.15) is 0 Å². The number of methoxy groups -OCH3 is 1. The molecule has 0 saturated carbocycles. The molecular formula is C11H7F2NO2S. The summed E-state index contributed by atoms with van der Waals surface area (Å²) >= 11 is 0.949. The molecule has 0 aliphatic carbocycles. The number of carbonyl (C=O) groups excluding carboxylic acids is 1. The lowest BCUT2D eigenvalue weighted by atomic mass is 10.2. The van der Waals surface area contributed by atoms with Crippen LogP contribution >= 0.6 is 11.3 Å². The van der Waals surface area contributed by atoms with E-state index in [9.17, 15) is 13.6 Å². The van der Waals surface area contributed by atoms with Crippen LogP contribution < -0.4 is 0 Å². The Morgan fingerprint density at radius 3 is 2.88 bits per heavy atom. The van der Waals surface area contributed by atoms with Crippen molar-refractivity contribution in [2.45, 2.75) is 0 Å². The fourth-order valence-corrected chi connectivity index (χ4v) is 2.11. The van der Waals surface area contributed by atoms with Gasteiger partial charge in [0, 0.05) is 5.56 Å². The topological polar surface area (TPSA) is 39.2 Å². The van der Waals surface area contributed by atoms with Gasteiger partial charge in [-0.05, 0) is 18.2 Å². The Balaban J connectivity index is 2.43. The molecule has 17 heavy (non-hydrogen) atoms. The molecule has 0 bridgehead atoms. The van der Waals surface area contributed by atoms with E-state index < -0.39 is 17.6 Å². The molecule has 0 amide bonds. The number of hydrogen-bond donors (Lipinski definition) is 0. The summed E-state index contributed by atoms with van der Waals surface area (Å²) in [6.45, 7) is 0. The number of hydrogen-bond acceptors (Lipinski definition) is 4. The van der Waals surface area contributed by atoms with Gasteiger partial charge in [-0.1, -0.05) is 0 Å². The Hall–Kier alpha value is -1.82. The fraction of sp³-hybridized carbons (Fsp3) is 0.0909. The van der Waals surface area contributed by atoms with Gasteiger partial charge in [0.25, 0.3) is 0 Å². The SMILES string of the molecule is COC(=O)c1cnc(-c2cc(F)ccc2F)s1. The smallest absolute Gasteiger partial charge is 0.349 e. The second-order valence-electron chi connectivity index (χ2n) is 3.15. The molecule has 88 valence electrons. The molecule has 0 atom stereocenters. The number of thiazole rings is 1. The zero-order chi connectivity index (χ0) is 12.4. The van der Waals surface area contributed by atoms with Crippen molar-refractivity contribution >= 4 is 17.3 Å². The Morgan fingerprint density at radius 2 is 2.18 bits per heavy atom. The van der Waals surface area contributed by atoms with Crippen LogP contribution in [-0.2, 0) is 4.74 Å². The standard InChI is InChI=1S/C11H7F2NO2S/c1-16-11(15)9-5-14-10(17-9)7-4-6(12)2-3-8(7)13/h2-5H,1H3. The van der Waals surface area contributed by atoms with E-state index in [0.29, 0.717) is 0 Å². The van der Waals surface area contributed by atoms with Crippen LogP contribution in [0.25, 0.3) is 10.6 Å². The van der Waals surface area contributed by atoms with E-state index in [1.807, 2.05) is 0 Å². The summed E-state index contributed by atoms with van der Waals surface area (Å²) in [5, 5.41) is 0.238. The predicted molar refractivity (Wildman–Crippen MR) is 58.8 cm³/mol. The lowest BCUT2D eigenvalue weighted by molar-refractivity contribution is 0.0606. The van der Waals surface area contributed by atoms with E-state index in [1.165, 1.54) is 13.3 Å². The largest absolute Gasteiger partial charge is 0.465 e. The maximum Gasteiger partial charge on any atom is 0.349 e. The Morgan fingerprint density at radius 1 is 1.41 bits per heavy atom. The molecule has 2 rings (SSSR count). The summed E-state index contributed by atoms with van der Waals surface area (Å²) in [5.41, 5.74) is 0.0325. The maximum absolute atomic E-state index is 13.4. The quantitative estimate of drug-likeness (QED) is 0.774. The van der Waals surface area contributed by atoms with Gasteiger partial charge in [0.15, 0.2) is 0 Å². The van der Waals surface area contributed by atoms with Crippen molar-refractivity contribution in [3.05, 3.63) is 40.9 Å². The molecule has 1 aromatic heterocycles. The van der Waals surface area contributed by atoms with Gasteiger partial charge < -0.3 is 4.74 Å². The third kappa shape index (κ3) is 2.31. The van der Waals surface area contributed by atoms with Crippen molar-refractivity contribution in [2.75, 3.05) is 7.11 Å². The molecule has 0 aliphatic rings. The van der Waals surface area contributed by atoms with Crippen molar-refractivity contribution in [3.63, 3.8) is 0 Å². The second-order valence-corrected chi connectivity index (χ2v) is 4.18. The van der Waals surface area contributed by atoms with E-state index in [1.54, 1.807) is 0 Å². The average molecular weight is 255 g/mol. The molecule has 0 radical (unpaired) electrons. The normalized spacial score (nSPS) is 10.3. The third-order valence-electron chi connectivity index (χ3n) is 2.05. The molecule has 3 nitrogen and oxygen atoms in total. The maximum atomic E-state index is 13.4. The zero-order valence-electron chi connectivity index (χ0n) is 8.74. The average Bonchev–Trinajstić information content (AvgIpc) is 2.80. The van der Waals surface area contributed by atoms with Crippen LogP contribution in [0.1, 0.15) is 9.67 Å². The number of nitrogens with zero attached hydrogens (tertiary/aromatic N) is 1. The van der Waals surface area contributed by atoms with Crippen LogP contribution in [0.2, 0.25) is 0 Å². The van der Waals surface area contributed by atoms with Gasteiger partial charge >= 0.3 is 5.97 Å². The summed E-state index contributed by atoms with van der Waals surface area (Å²) < 4.78 is 30.9. The molecule has 0 aliphatic heterocycles. The highest BCUT2D eigenvalue weighted by atomic mass is 32.1. The minimum atomic E-state index is -0.586. The minimum absolute atomic E-state index is 0.0325. The summed E-state index contributed by atoms with van der Waals surface area (Å²) in [6, 6.07) is 3.08. The number of aromatic nitrogens is 1. The summed E-state index contributed by atoms with van der Waals surface area (Å²) in [6.07, 6.45) is 1.27. The number of esters is 1. The summed E-state index contributed by atoms with van der Waals surface area (Å²) in [4.78, 5) is 15.3. The Kier molecular flexibility index (Phi) is 3.14. The molecule has 6 heteroatoms. The van der Waals surface area contributed by atoms with Gasteiger partial charge in [0.2, 0.25) is 0 Å². The monoisotopic (exact) mass is 255 g/mol. The first-order valence-electron chi connectivity index (χ1n) is 4.61. The lowest BCUT2D eigenvalue weighted by Crippen LogP contribution is -1.96. The molecule has 0 fully saturated rings. The van der Waals surface area contributed by atoms with Gasteiger partial charge in [-0.25, -0.2) is 18.6 Å². The molecule has 2 aromatic rings. The lowest BCUT2D eigenvalue weighted by Gasteiger charge is -1.98. The second kappa shape index (κ2) is 4.58. The van der Waals surface area contributed by atoms with Gasteiger partial charge in [-0.15, -0.1) is 11.3 Å². The van der Waals surface area contributed by atoms with E-state index >= 15 is 0 Å². The number of ether oxygens (including phenoxy) is 1. The first kappa shape index (κ1) is 11.7. The summed E-state index contributed by atoms with van der Waals surface area (Å²) in [7, 11) is 1.24. The number of benzene rings is 1. The van der Waals surface area contributed by atoms with Gasteiger partial charge in [-0.3, -0.25) is 0 Å². The molecule has 0 spiro atoms. The first-order chi connectivity index (χ1) is 8.11. The van der Waals surface area contributed by atoms with Crippen molar-refractivity contribution < 1.29 is 18.3 Å². The van der Waals surface area contributed by atoms with E-state index in [-0.39, 0.29) is 15.4 Å². The third-order valence-corrected chi connectivity index (χ3v) is 3.06. The van der Waals surface area contributed by atoms with E-state index in [0.717, 1.165) is 29.5 Å². The fourth-order valence-electron chi connectivity index (χ4n) is 1.25. The number of carbonyl (C=O) groups is 1. The van der Waals surface area contributed by atoms with Crippen molar-refractivity contribution in [3.8, 4) is 10.6 Å². The van der Waals surface area contributed by atoms with Crippen LogP contribution in [-0.4, -0.2) is 18.1 Å². The van der Waals surface area contributed by atoms with Gasteiger partial charge in [0.1, 0.15) is 21.5 Å². The minimum Gasteiger partial charge on any atom is -0.465 e. The molecule has 1 heterocycles. The van der Waals surface area contributed by atoms with Crippen molar-refractivity contribution in [1.29, 1.82) is 0 Å². The highest BCUT2D eigenvalue weighted by Gasteiger charge is 2.14. The molecular weight excluding hydrogens is 248 g/mol. The van der Waals surface area contributed by atoms with Crippen molar-refractivity contribution in [2.24, 2.45) is 0 Å². The first-order valence-corrected chi connectivity index (χ1v) is 5.43. The molecule has 0 N–H and O–H groups in total. The van der Waals surface area contributed by atoms with Crippen LogP contribution in [0.4, 0.5) is 8.78 Å². The Labute approximate surface area is 99.7 Å². The summed E-state index contributed by atoms with van der Waals surface area (Å²) in [5.74, 6) is -1.70. The van der Waals surface area contributed by atoms with Crippen LogP contribution in [0.5, 0.6) is 0 Å². The molecule has 1 aromatic carbocycles. The van der Waals surface area contributed by atoms with Crippen LogP contribution in [0.3, 0.4) is 0 Å². The number of halogens is 2. The molecule has 0 saturated heterocycles. The molecule has 0 unspecified atom stereocenters. The van der Waals surface area contributed by atoms with E-state index in [4.69, 9.17) is 0 Å².